The molecule has 0 spiro atoms. The van der Waals surface area contributed by atoms with Crippen molar-refractivity contribution in [3.63, 3.8) is 0 Å². The molecule has 0 saturated carbocycles. The Labute approximate surface area is 130 Å². The number of hydrogen-bond acceptors (Lipinski definition) is 3. The minimum Gasteiger partial charge on any atom is -0.481 e. The molecule has 0 atom stereocenters. The highest BCUT2D eigenvalue weighted by molar-refractivity contribution is 9.10. The van der Waals surface area contributed by atoms with Gasteiger partial charge in [0.15, 0.2) is 0 Å². The van der Waals surface area contributed by atoms with E-state index < -0.39 is 16.0 Å². The summed E-state index contributed by atoms with van der Waals surface area (Å²) in [4.78, 5) is 10.7. The fourth-order valence-corrected chi connectivity index (χ4v) is 3.02. The van der Waals surface area contributed by atoms with E-state index in [0.29, 0.717) is 11.3 Å². The molecule has 21 heavy (non-hydrogen) atoms. The lowest BCUT2D eigenvalue weighted by atomic mass is 10.1. The molecule has 2 aromatic carbocycles. The lowest BCUT2D eigenvalue weighted by Crippen LogP contribution is -2.12. The molecule has 0 aliphatic rings. The van der Waals surface area contributed by atoms with Crippen LogP contribution in [0, 0.1) is 0 Å². The topological polar surface area (TPSA) is 83.5 Å². The number of aliphatic carboxylic acids is 1. The maximum Gasteiger partial charge on any atom is 0.307 e. The zero-order valence-electron chi connectivity index (χ0n) is 10.8. The molecular weight excluding hydrogens is 358 g/mol. The Bertz CT molecular complexity index is 740. The van der Waals surface area contributed by atoms with E-state index in [1.165, 1.54) is 24.3 Å². The smallest absolute Gasteiger partial charge is 0.307 e. The number of sulfonamides is 1. The van der Waals surface area contributed by atoms with Crippen molar-refractivity contribution in [2.75, 3.05) is 4.72 Å². The van der Waals surface area contributed by atoms with Gasteiger partial charge in [-0.25, -0.2) is 8.42 Å². The lowest BCUT2D eigenvalue weighted by molar-refractivity contribution is -0.136. The van der Waals surface area contributed by atoms with Crippen LogP contribution in [0.3, 0.4) is 0 Å². The lowest BCUT2D eigenvalue weighted by Gasteiger charge is -2.08. The van der Waals surface area contributed by atoms with E-state index in [-0.39, 0.29) is 11.3 Å². The molecule has 0 bridgehead atoms. The zero-order valence-corrected chi connectivity index (χ0v) is 13.2. The van der Waals surface area contributed by atoms with Crippen molar-refractivity contribution in [1.82, 2.24) is 0 Å². The molecule has 5 nitrogen and oxygen atoms in total. The third-order valence-electron chi connectivity index (χ3n) is 2.69. The SMILES string of the molecule is O=C(O)Cc1ccc(NS(=O)(=O)c2ccc(Br)cc2)cc1. The van der Waals surface area contributed by atoms with Gasteiger partial charge in [-0.2, -0.15) is 0 Å². The van der Waals surface area contributed by atoms with Gasteiger partial charge in [-0.15, -0.1) is 0 Å². The minimum atomic E-state index is -3.65. The molecule has 110 valence electrons. The largest absolute Gasteiger partial charge is 0.481 e. The first-order valence-electron chi connectivity index (χ1n) is 5.96. The van der Waals surface area contributed by atoms with Gasteiger partial charge < -0.3 is 5.11 Å². The standard InChI is InChI=1S/C14H12BrNO4S/c15-11-3-7-13(8-4-11)21(19,20)16-12-5-1-10(2-6-12)9-14(17)18/h1-8,16H,9H2,(H,17,18). The normalized spacial score (nSPS) is 11.1. The molecule has 0 radical (unpaired) electrons. The van der Waals surface area contributed by atoms with Crippen molar-refractivity contribution < 1.29 is 18.3 Å². The van der Waals surface area contributed by atoms with Gasteiger partial charge in [0.1, 0.15) is 0 Å². The highest BCUT2D eigenvalue weighted by Gasteiger charge is 2.13. The Morgan fingerprint density at radius 3 is 2.14 bits per heavy atom. The minimum absolute atomic E-state index is 0.0975. The van der Waals surface area contributed by atoms with E-state index in [1.807, 2.05) is 0 Å². The monoisotopic (exact) mass is 369 g/mol. The average molecular weight is 370 g/mol. The number of carboxylic acid groups (broad SMARTS) is 1. The van der Waals surface area contributed by atoms with Crippen LogP contribution in [0.15, 0.2) is 57.9 Å². The molecule has 0 aliphatic heterocycles. The van der Waals surface area contributed by atoms with Crippen molar-refractivity contribution in [3.05, 3.63) is 58.6 Å². The maximum atomic E-state index is 12.2. The molecule has 0 amide bonds. The van der Waals surface area contributed by atoms with Crippen LogP contribution in [0.5, 0.6) is 0 Å². The molecule has 2 N–H and O–H groups in total. The summed E-state index contributed by atoms with van der Waals surface area (Å²) in [5.74, 6) is -0.932. The van der Waals surface area contributed by atoms with E-state index in [1.54, 1.807) is 24.3 Å². The number of carbonyl (C=O) groups is 1. The van der Waals surface area contributed by atoms with Crippen molar-refractivity contribution in [2.45, 2.75) is 11.3 Å². The van der Waals surface area contributed by atoms with Crippen LogP contribution in [0.1, 0.15) is 5.56 Å². The summed E-state index contributed by atoms with van der Waals surface area (Å²) in [5.41, 5.74) is 0.987. The zero-order chi connectivity index (χ0) is 15.5. The third-order valence-corrected chi connectivity index (χ3v) is 4.61. The predicted octanol–water partition coefficient (Wildman–Crippen LogP) is 2.88. The number of halogens is 1. The Morgan fingerprint density at radius 1 is 1.05 bits per heavy atom. The molecule has 0 saturated heterocycles. The van der Waals surface area contributed by atoms with E-state index in [2.05, 4.69) is 20.7 Å². The molecule has 7 heteroatoms. The van der Waals surface area contributed by atoms with Gasteiger partial charge in [-0.1, -0.05) is 28.1 Å². The summed E-state index contributed by atoms with van der Waals surface area (Å²) >= 11 is 3.24. The molecule has 0 heterocycles. The highest BCUT2D eigenvalue weighted by atomic mass is 79.9. The van der Waals surface area contributed by atoms with Gasteiger partial charge >= 0.3 is 5.97 Å². The summed E-state index contributed by atoms with van der Waals surface area (Å²) in [6.07, 6.45) is -0.0975. The second kappa shape index (κ2) is 6.28. The summed E-state index contributed by atoms with van der Waals surface area (Å²) in [7, 11) is -3.65. The molecule has 0 fully saturated rings. The molecule has 2 aromatic rings. The van der Waals surface area contributed by atoms with Crippen LogP contribution < -0.4 is 4.72 Å². The highest BCUT2D eigenvalue weighted by Crippen LogP contribution is 2.19. The molecule has 0 aromatic heterocycles. The van der Waals surface area contributed by atoms with Crippen LogP contribution >= 0.6 is 15.9 Å². The molecule has 2 rings (SSSR count). The number of carboxylic acids is 1. The van der Waals surface area contributed by atoms with Crippen LogP contribution in [0.2, 0.25) is 0 Å². The third kappa shape index (κ3) is 4.30. The quantitative estimate of drug-likeness (QED) is 0.848. The summed E-state index contributed by atoms with van der Waals surface area (Å²) < 4.78 is 27.5. The Kier molecular flexibility index (Phi) is 4.64. The maximum absolute atomic E-state index is 12.2. The Hall–Kier alpha value is -1.86. The van der Waals surface area contributed by atoms with Crippen molar-refractivity contribution in [2.24, 2.45) is 0 Å². The first kappa shape index (κ1) is 15.5. The van der Waals surface area contributed by atoms with Gasteiger partial charge in [-0.05, 0) is 42.0 Å². The van der Waals surface area contributed by atoms with Gasteiger partial charge in [0.05, 0.1) is 11.3 Å². The van der Waals surface area contributed by atoms with Crippen LogP contribution in [-0.2, 0) is 21.2 Å². The van der Waals surface area contributed by atoms with Crippen LogP contribution in [-0.4, -0.2) is 19.5 Å². The van der Waals surface area contributed by atoms with Gasteiger partial charge in [0.25, 0.3) is 10.0 Å². The predicted molar refractivity (Wildman–Crippen MR) is 82.7 cm³/mol. The molecule has 0 aliphatic carbocycles. The van der Waals surface area contributed by atoms with Crippen molar-refractivity contribution in [1.29, 1.82) is 0 Å². The van der Waals surface area contributed by atoms with Crippen molar-refractivity contribution >= 4 is 37.6 Å². The summed E-state index contributed by atoms with van der Waals surface area (Å²) in [6.45, 7) is 0. The van der Waals surface area contributed by atoms with E-state index in [9.17, 15) is 13.2 Å². The fraction of sp³-hybridized carbons (Fsp3) is 0.0714. The van der Waals surface area contributed by atoms with Crippen LogP contribution in [0.25, 0.3) is 0 Å². The summed E-state index contributed by atoms with van der Waals surface area (Å²) in [5, 5.41) is 8.68. The second-order valence-electron chi connectivity index (χ2n) is 4.33. The van der Waals surface area contributed by atoms with E-state index in [4.69, 9.17) is 5.11 Å². The first-order valence-corrected chi connectivity index (χ1v) is 8.23. The molecular formula is C14H12BrNO4S. The van der Waals surface area contributed by atoms with E-state index >= 15 is 0 Å². The van der Waals surface area contributed by atoms with Crippen LogP contribution in [0.4, 0.5) is 5.69 Å². The van der Waals surface area contributed by atoms with Crippen molar-refractivity contribution in [3.8, 4) is 0 Å². The number of benzene rings is 2. The Morgan fingerprint density at radius 2 is 1.62 bits per heavy atom. The first-order chi connectivity index (χ1) is 9.87. The van der Waals surface area contributed by atoms with Gasteiger partial charge in [-0.3, -0.25) is 9.52 Å². The fourth-order valence-electron chi connectivity index (χ4n) is 1.69. The second-order valence-corrected chi connectivity index (χ2v) is 6.92. The Balaban J connectivity index is 2.16. The number of rotatable bonds is 5. The number of anilines is 1. The molecule has 0 unspecified atom stereocenters. The van der Waals surface area contributed by atoms with E-state index in [0.717, 1.165) is 4.47 Å². The average Bonchev–Trinajstić information content (AvgIpc) is 2.40. The van der Waals surface area contributed by atoms with Gasteiger partial charge in [0.2, 0.25) is 0 Å². The number of nitrogens with one attached hydrogen (secondary N) is 1. The summed E-state index contributed by atoms with van der Waals surface area (Å²) in [6, 6.07) is 12.5. The van der Waals surface area contributed by atoms with Gasteiger partial charge in [0, 0.05) is 10.2 Å². The number of hydrogen-bond donors (Lipinski definition) is 2.